The average Bonchev–Trinajstić information content (AvgIpc) is 2.89. The average molecular weight is 487 g/mol. The minimum atomic E-state index is -0.661. The molecule has 0 saturated carbocycles. The Morgan fingerprint density at radius 3 is 1.94 bits per heavy atom. The maximum absolute atomic E-state index is 13.6. The van der Waals surface area contributed by atoms with Gasteiger partial charge in [-0.15, -0.1) is 0 Å². The first-order valence-corrected chi connectivity index (χ1v) is 12.7. The van der Waals surface area contributed by atoms with E-state index in [4.69, 9.17) is 4.74 Å². The summed E-state index contributed by atoms with van der Waals surface area (Å²) in [6.45, 7) is 9.11. The van der Waals surface area contributed by atoms with E-state index >= 15 is 0 Å². The quantitative estimate of drug-likeness (QED) is 0.362. The van der Waals surface area contributed by atoms with Crippen molar-refractivity contribution in [1.29, 1.82) is 0 Å². The molecule has 5 heteroatoms. The van der Waals surface area contributed by atoms with Crippen LogP contribution >= 0.6 is 0 Å². The van der Waals surface area contributed by atoms with E-state index in [1.165, 1.54) is 5.56 Å². The van der Waals surface area contributed by atoms with Crippen molar-refractivity contribution in [3.05, 3.63) is 102 Å². The first-order chi connectivity index (χ1) is 17.3. The second-order valence-corrected chi connectivity index (χ2v) is 9.86. The summed E-state index contributed by atoms with van der Waals surface area (Å²) >= 11 is 0. The Morgan fingerprint density at radius 2 is 1.39 bits per heavy atom. The molecule has 3 aromatic carbocycles. The van der Waals surface area contributed by atoms with Gasteiger partial charge in [-0.25, -0.2) is 0 Å². The van der Waals surface area contributed by atoms with Crippen LogP contribution in [-0.4, -0.2) is 35.9 Å². The molecular formula is C31H38N2O3. The van der Waals surface area contributed by atoms with E-state index in [-0.39, 0.29) is 18.4 Å². The van der Waals surface area contributed by atoms with Gasteiger partial charge >= 0.3 is 0 Å². The molecule has 1 N–H and O–H groups in total. The van der Waals surface area contributed by atoms with Crippen LogP contribution < -0.4 is 10.1 Å². The van der Waals surface area contributed by atoms with Gasteiger partial charge in [-0.2, -0.15) is 0 Å². The van der Waals surface area contributed by atoms with E-state index in [0.717, 1.165) is 11.1 Å². The number of carbonyl (C=O) groups is 2. The maximum Gasteiger partial charge on any atom is 0.261 e. The molecular weight excluding hydrogens is 448 g/mol. The zero-order valence-corrected chi connectivity index (χ0v) is 21.8. The van der Waals surface area contributed by atoms with Crippen molar-refractivity contribution in [1.82, 2.24) is 10.2 Å². The normalized spacial score (nSPS) is 11.8. The second-order valence-electron chi connectivity index (χ2n) is 9.86. The first-order valence-electron chi connectivity index (χ1n) is 12.7. The predicted molar refractivity (Wildman–Crippen MR) is 145 cm³/mol. The molecule has 0 aliphatic rings. The SMILES string of the molecule is CC(C)CNC(=O)[C@H](Cc1ccccc1)N(Cc1ccccc1)C(=O)COc1ccc(C(C)C)cc1. The third kappa shape index (κ3) is 8.26. The standard InChI is InChI=1S/C31H38N2O3/c1-23(2)20-32-31(35)29(19-25-11-7-5-8-12-25)33(21-26-13-9-6-10-14-26)30(34)22-36-28-17-15-27(16-18-28)24(3)4/h5-18,23-24,29H,19-22H2,1-4H3,(H,32,35)/t29-/m0/s1. The predicted octanol–water partition coefficient (Wildman–Crippen LogP) is 5.60. The maximum atomic E-state index is 13.6. The van der Waals surface area contributed by atoms with Crippen LogP contribution in [0.1, 0.15) is 50.3 Å². The van der Waals surface area contributed by atoms with Gasteiger partial charge in [0.1, 0.15) is 11.8 Å². The first kappa shape index (κ1) is 27.0. The van der Waals surface area contributed by atoms with Gasteiger partial charge < -0.3 is 15.0 Å². The van der Waals surface area contributed by atoms with Crippen molar-refractivity contribution in [2.24, 2.45) is 5.92 Å². The molecule has 0 heterocycles. The lowest BCUT2D eigenvalue weighted by Crippen LogP contribution is -2.52. The van der Waals surface area contributed by atoms with Gasteiger partial charge in [-0.3, -0.25) is 9.59 Å². The Labute approximate surface area is 215 Å². The summed E-state index contributed by atoms with van der Waals surface area (Å²) in [5.74, 6) is 0.980. The molecule has 0 radical (unpaired) electrons. The van der Waals surface area contributed by atoms with Crippen molar-refractivity contribution in [3.63, 3.8) is 0 Å². The van der Waals surface area contributed by atoms with Gasteiger partial charge in [0, 0.05) is 19.5 Å². The highest BCUT2D eigenvalue weighted by atomic mass is 16.5. The van der Waals surface area contributed by atoms with Crippen molar-refractivity contribution >= 4 is 11.8 Å². The number of ether oxygens (including phenoxy) is 1. The van der Waals surface area contributed by atoms with Crippen molar-refractivity contribution < 1.29 is 14.3 Å². The third-order valence-electron chi connectivity index (χ3n) is 6.06. The van der Waals surface area contributed by atoms with E-state index in [1.807, 2.05) is 84.9 Å². The van der Waals surface area contributed by atoms with Crippen LogP contribution in [0.3, 0.4) is 0 Å². The molecule has 3 rings (SSSR count). The smallest absolute Gasteiger partial charge is 0.261 e. The summed E-state index contributed by atoms with van der Waals surface area (Å²) < 4.78 is 5.88. The van der Waals surface area contributed by atoms with Crippen LogP contribution in [0.5, 0.6) is 5.75 Å². The lowest BCUT2D eigenvalue weighted by atomic mass is 10.0. The lowest BCUT2D eigenvalue weighted by molar-refractivity contribution is -0.142. The van der Waals surface area contributed by atoms with Crippen LogP contribution in [0.2, 0.25) is 0 Å². The Balaban J connectivity index is 1.84. The zero-order chi connectivity index (χ0) is 25.9. The number of amides is 2. The number of benzene rings is 3. The molecule has 0 spiro atoms. The molecule has 0 aliphatic carbocycles. The molecule has 0 aromatic heterocycles. The van der Waals surface area contributed by atoms with Gasteiger partial charge in [0.15, 0.2) is 6.61 Å². The minimum absolute atomic E-state index is 0.142. The fraction of sp³-hybridized carbons (Fsp3) is 0.355. The number of rotatable bonds is 12. The fourth-order valence-electron chi connectivity index (χ4n) is 3.93. The molecule has 1 atom stereocenters. The van der Waals surface area contributed by atoms with E-state index in [1.54, 1.807) is 4.90 Å². The van der Waals surface area contributed by atoms with Gasteiger partial charge in [-0.05, 0) is 40.7 Å². The van der Waals surface area contributed by atoms with Crippen LogP contribution in [0.15, 0.2) is 84.9 Å². The molecule has 2 amide bonds. The van der Waals surface area contributed by atoms with Gasteiger partial charge in [0.2, 0.25) is 5.91 Å². The summed E-state index contributed by atoms with van der Waals surface area (Å²) in [6, 6.07) is 26.7. The number of hydrogen-bond donors (Lipinski definition) is 1. The largest absolute Gasteiger partial charge is 0.484 e. The highest BCUT2D eigenvalue weighted by Gasteiger charge is 2.30. The molecule has 3 aromatic rings. The molecule has 190 valence electrons. The fourth-order valence-corrected chi connectivity index (χ4v) is 3.93. The van der Waals surface area contributed by atoms with E-state index < -0.39 is 6.04 Å². The Kier molecular flexibility index (Phi) is 10.1. The molecule has 0 bridgehead atoms. The molecule has 0 aliphatic heterocycles. The van der Waals surface area contributed by atoms with Crippen LogP contribution in [0, 0.1) is 5.92 Å². The molecule has 5 nitrogen and oxygen atoms in total. The van der Waals surface area contributed by atoms with Crippen LogP contribution in [0.4, 0.5) is 0 Å². The lowest BCUT2D eigenvalue weighted by Gasteiger charge is -2.31. The monoisotopic (exact) mass is 486 g/mol. The van der Waals surface area contributed by atoms with Crippen molar-refractivity contribution in [3.8, 4) is 5.75 Å². The highest BCUT2D eigenvalue weighted by molar-refractivity contribution is 5.88. The molecule has 0 unspecified atom stereocenters. The summed E-state index contributed by atoms with van der Waals surface area (Å²) in [6.07, 6.45) is 0.423. The van der Waals surface area contributed by atoms with E-state index in [0.29, 0.717) is 37.1 Å². The Morgan fingerprint density at radius 1 is 0.806 bits per heavy atom. The highest BCUT2D eigenvalue weighted by Crippen LogP contribution is 2.20. The zero-order valence-electron chi connectivity index (χ0n) is 21.8. The number of carbonyl (C=O) groups excluding carboxylic acids is 2. The number of nitrogens with one attached hydrogen (secondary N) is 1. The topological polar surface area (TPSA) is 58.6 Å². The van der Waals surface area contributed by atoms with Crippen LogP contribution in [-0.2, 0) is 22.6 Å². The summed E-state index contributed by atoms with van der Waals surface area (Å²) in [5, 5.41) is 3.04. The van der Waals surface area contributed by atoms with Crippen LogP contribution in [0.25, 0.3) is 0 Å². The van der Waals surface area contributed by atoms with Gasteiger partial charge in [0.25, 0.3) is 5.91 Å². The molecule has 36 heavy (non-hydrogen) atoms. The molecule has 0 saturated heterocycles. The summed E-state index contributed by atoms with van der Waals surface area (Å²) in [7, 11) is 0. The van der Waals surface area contributed by atoms with E-state index in [9.17, 15) is 9.59 Å². The summed E-state index contributed by atoms with van der Waals surface area (Å²) in [5.41, 5.74) is 3.17. The minimum Gasteiger partial charge on any atom is -0.484 e. The Hall–Kier alpha value is -3.60. The second kappa shape index (κ2) is 13.5. The summed E-state index contributed by atoms with van der Waals surface area (Å²) in [4.78, 5) is 28.7. The van der Waals surface area contributed by atoms with Gasteiger partial charge in [0.05, 0.1) is 0 Å². The molecule has 0 fully saturated rings. The van der Waals surface area contributed by atoms with Crippen molar-refractivity contribution in [2.45, 2.75) is 52.6 Å². The van der Waals surface area contributed by atoms with Crippen molar-refractivity contribution in [2.75, 3.05) is 13.2 Å². The number of hydrogen-bond acceptors (Lipinski definition) is 3. The Bertz CT molecular complexity index is 1080. The van der Waals surface area contributed by atoms with Gasteiger partial charge in [-0.1, -0.05) is 100 Å². The third-order valence-corrected chi connectivity index (χ3v) is 6.06. The number of nitrogens with zero attached hydrogens (tertiary/aromatic N) is 1. The van der Waals surface area contributed by atoms with E-state index in [2.05, 4.69) is 33.0 Å².